The third-order valence-electron chi connectivity index (χ3n) is 2.38. The van der Waals surface area contributed by atoms with E-state index >= 15 is 0 Å². The summed E-state index contributed by atoms with van der Waals surface area (Å²) in [6.07, 6.45) is 3.27. The molecule has 1 aromatic heterocycles. The van der Waals surface area contributed by atoms with Crippen LogP contribution in [0.1, 0.15) is 5.56 Å². The highest BCUT2D eigenvalue weighted by molar-refractivity contribution is 5.62. The standard InChI is InChI=1S/C12H10FN3O2/c13-10-4-1-5-11(12(10)16(17)18)15-8-9-3-2-6-14-7-9/h1-7,15H,8H2. The molecule has 0 bridgehead atoms. The number of nitro groups is 1. The Morgan fingerprint density at radius 3 is 2.83 bits per heavy atom. The van der Waals surface area contributed by atoms with Crippen LogP contribution in [-0.4, -0.2) is 9.91 Å². The van der Waals surface area contributed by atoms with Gasteiger partial charge in [-0.15, -0.1) is 0 Å². The van der Waals surface area contributed by atoms with E-state index in [9.17, 15) is 14.5 Å². The number of rotatable bonds is 4. The number of hydrogen-bond donors (Lipinski definition) is 1. The van der Waals surface area contributed by atoms with Gasteiger partial charge in [-0.25, -0.2) is 0 Å². The highest BCUT2D eigenvalue weighted by Crippen LogP contribution is 2.27. The number of nitrogens with one attached hydrogen (secondary N) is 1. The number of hydrogen-bond acceptors (Lipinski definition) is 4. The molecule has 6 heteroatoms. The first-order valence-corrected chi connectivity index (χ1v) is 5.24. The summed E-state index contributed by atoms with van der Waals surface area (Å²) in [4.78, 5) is 14.0. The van der Waals surface area contributed by atoms with Crippen molar-refractivity contribution >= 4 is 11.4 Å². The molecule has 1 N–H and O–H groups in total. The van der Waals surface area contributed by atoms with Gasteiger partial charge in [0.2, 0.25) is 5.82 Å². The first-order chi connectivity index (χ1) is 8.68. The van der Waals surface area contributed by atoms with Crippen LogP contribution < -0.4 is 5.32 Å². The van der Waals surface area contributed by atoms with E-state index in [1.807, 2.05) is 6.07 Å². The number of para-hydroxylation sites is 1. The molecule has 0 atom stereocenters. The molecule has 0 unspecified atom stereocenters. The second kappa shape index (κ2) is 5.22. The number of nitrogens with zero attached hydrogens (tertiary/aromatic N) is 2. The summed E-state index contributed by atoms with van der Waals surface area (Å²) in [6.45, 7) is 0.345. The van der Waals surface area contributed by atoms with Crippen molar-refractivity contribution in [2.75, 3.05) is 5.32 Å². The van der Waals surface area contributed by atoms with E-state index in [1.54, 1.807) is 18.5 Å². The van der Waals surface area contributed by atoms with Crippen LogP contribution in [0.4, 0.5) is 15.8 Å². The molecule has 0 aliphatic heterocycles. The largest absolute Gasteiger partial charge is 0.375 e. The zero-order valence-electron chi connectivity index (χ0n) is 9.34. The van der Waals surface area contributed by atoms with Crippen LogP contribution >= 0.6 is 0 Å². The first kappa shape index (κ1) is 12.0. The quantitative estimate of drug-likeness (QED) is 0.666. The fraction of sp³-hybridized carbons (Fsp3) is 0.0833. The van der Waals surface area contributed by atoms with Gasteiger partial charge in [-0.2, -0.15) is 4.39 Å². The summed E-state index contributed by atoms with van der Waals surface area (Å²) >= 11 is 0. The van der Waals surface area contributed by atoms with Crippen molar-refractivity contribution in [1.82, 2.24) is 4.98 Å². The molecule has 18 heavy (non-hydrogen) atoms. The third-order valence-corrected chi connectivity index (χ3v) is 2.38. The summed E-state index contributed by atoms with van der Waals surface area (Å²) < 4.78 is 13.3. The van der Waals surface area contributed by atoms with Crippen molar-refractivity contribution in [2.24, 2.45) is 0 Å². The van der Waals surface area contributed by atoms with E-state index in [0.29, 0.717) is 6.54 Å². The van der Waals surface area contributed by atoms with Gasteiger partial charge in [0, 0.05) is 18.9 Å². The zero-order valence-corrected chi connectivity index (χ0v) is 9.34. The monoisotopic (exact) mass is 247 g/mol. The Kier molecular flexibility index (Phi) is 3.47. The lowest BCUT2D eigenvalue weighted by molar-refractivity contribution is -0.386. The summed E-state index contributed by atoms with van der Waals surface area (Å²) in [5, 5.41) is 13.6. The Morgan fingerprint density at radius 2 is 2.17 bits per heavy atom. The van der Waals surface area contributed by atoms with Crippen LogP contribution in [0, 0.1) is 15.9 Å². The van der Waals surface area contributed by atoms with Crippen molar-refractivity contribution in [3.8, 4) is 0 Å². The predicted molar refractivity (Wildman–Crippen MR) is 64.6 cm³/mol. The lowest BCUT2D eigenvalue weighted by atomic mass is 10.2. The zero-order chi connectivity index (χ0) is 13.0. The number of aromatic nitrogens is 1. The fourth-order valence-corrected chi connectivity index (χ4v) is 1.54. The highest BCUT2D eigenvalue weighted by atomic mass is 19.1. The van der Waals surface area contributed by atoms with E-state index in [4.69, 9.17) is 0 Å². The van der Waals surface area contributed by atoms with Gasteiger partial charge in [0.1, 0.15) is 5.69 Å². The van der Waals surface area contributed by atoms with Gasteiger partial charge in [0.25, 0.3) is 0 Å². The maximum atomic E-state index is 13.3. The average Bonchev–Trinajstić information content (AvgIpc) is 2.37. The summed E-state index contributed by atoms with van der Waals surface area (Å²) in [5.41, 5.74) is 0.473. The predicted octanol–water partition coefficient (Wildman–Crippen LogP) is 2.74. The van der Waals surface area contributed by atoms with Crippen molar-refractivity contribution < 1.29 is 9.31 Å². The Labute approximate surface area is 102 Å². The lowest BCUT2D eigenvalue weighted by Crippen LogP contribution is -2.04. The van der Waals surface area contributed by atoms with Crippen LogP contribution in [-0.2, 0) is 6.54 Å². The Balaban J connectivity index is 2.20. The lowest BCUT2D eigenvalue weighted by Gasteiger charge is -2.07. The molecule has 0 aliphatic rings. The topological polar surface area (TPSA) is 68.1 Å². The number of benzene rings is 1. The molecule has 0 amide bonds. The van der Waals surface area contributed by atoms with Gasteiger partial charge in [-0.05, 0) is 23.8 Å². The van der Waals surface area contributed by atoms with Crippen LogP contribution in [0.15, 0.2) is 42.7 Å². The minimum Gasteiger partial charge on any atom is -0.375 e. The molecule has 0 aliphatic carbocycles. The molecule has 1 heterocycles. The van der Waals surface area contributed by atoms with E-state index in [1.165, 1.54) is 12.1 Å². The van der Waals surface area contributed by atoms with E-state index < -0.39 is 16.4 Å². The van der Waals surface area contributed by atoms with Crippen molar-refractivity contribution in [3.05, 3.63) is 64.2 Å². The fourth-order valence-electron chi connectivity index (χ4n) is 1.54. The Morgan fingerprint density at radius 1 is 1.33 bits per heavy atom. The molecule has 2 aromatic rings. The molecule has 92 valence electrons. The molecular weight excluding hydrogens is 237 g/mol. The van der Waals surface area contributed by atoms with Crippen molar-refractivity contribution in [1.29, 1.82) is 0 Å². The van der Waals surface area contributed by atoms with Gasteiger partial charge >= 0.3 is 5.69 Å². The van der Waals surface area contributed by atoms with Crippen LogP contribution in [0.5, 0.6) is 0 Å². The Hall–Kier alpha value is -2.50. The SMILES string of the molecule is O=[N+]([O-])c1c(F)cccc1NCc1cccnc1. The minimum absolute atomic E-state index is 0.156. The molecular formula is C12H10FN3O2. The average molecular weight is 247 g/mol. The third kappa shape index (κ3) is 2.60. The molecule has 5 nitrogen and oxygen atoms in total. The van der Waals surface area contributed by atoms with Gasteiger partial charge < -0.3 is 5.32 Å². The highest BCUT2D eigenvalue weighted by Gasteiger charge is 2.19. The van der Waals surface area contributed by atoms with Crippen LogP contribution in [0.25, 0.3) is 0 Å². The summed E-state index contributed by atoms with van der Waals surface area (Å²) in [5.74, 6) is -0.851. The second-order valence-corrected chi connectivity index (χ2v) is 3.61. The summed E-state index contributed by atoms with van der Waals surface area (Å²) in [7, 11) is 0. The van der Waals surface area contributed by atoms with Gasteiger partial charge in [0.05, 0.1) is 4.92 Å². The number of nitro benzene ring substituents is 1. The van der Waals surface area contributed by atoms with E-state index in [0.717, 1.165) is 11.6 Å². The molecule has 0 saturated heterocycles. The van der Waals surface area contributed by atoms with Crippen LogP contribution in [0.2, 0.25) is 0 Å². The molecule has 0 spiro atoms. The molecule has 0 saturated carbocycles. The number of halogens is 1. The van der Waals surface area contributed by atoms with Gasteiger partial charge in [0.15, 0.2) is 0 Å². The molecule has 0 fully saturated rings. The van der Waals surface area contributed by atoms with Crippen molar-refractivity contribution in [3.63, 3.8) is 0 Å². The normalized spacial score (nSPS) is 10.1. The number of pyridine rings is 1. The van der Waals surface area contributed by atoms with Crippen LogP contribution in [0.3, 0.4) is 0 Å². The van der Waals surface area contributed by atoms with Gasteiger partial charge in [-0.1, -0.05) is 12.1 Å². The Bertz CT molecular complexity index is 561. The molecule has 1 aromatic carbocycles. The van der Waals surface area contributed by atoms with Gasteiger partial charge in [-0.3, -0.25) is 15.1 Å². The maximum absolute atomic E-state index is 13.3. The van der Waals surface area contributed by atoms with Crippen molar-refractivity contribution in [2.45, 2.75) is 6.54 Å². The molecule has 0 radical (unpaired) electrons. The molecule has 2 rings (SSSR count). The second-order valence-electron chi connectivity index (χ2n) is 3.61. The minimum atomic E-state index is -0.851. The van der Waals surface area contributed by atoms with E-state index in [-0.39, 0.29) is 5.69 Å². The summed E-state index contributed by atoms with van der Waals surface area (Å²) in [6, 6.07) is 7.54. The smallest absolute Gasteiger partial charge is 0.327 e. The maximum Gasteiger partial charge on any atom is 0.327 e. The number of anilines is 1. The first-order valence-electron chi connectivity index (χ1n) is 5.24. The van der Waals surface area contributed by atoms with E-state index in [2.05, 4.69) is 10.3 Å².